The Morgan fingerprint density at radius 3 is 2.78 bits per heavy atom. The maximum Gasteiger partial charge on any atom is 0.228 e. The molecule has 2 aliphatic rings. The zero-order valence-corrected chi connectivity index (χ0v) is 13.8. The summed E-state index contributed by atoms with van der Waals surface area (Å²) < 4.78 is 10.8. The number of methoxy groups -OCH3 is 1. The minimum absolute atomic E-state index is 0.00874. The first-order valence-corrected chi connectivity index (χ1v) is 8.20. The van der Waals surface area contributed by atoms with Crippen LogP contribution in [-0.4, -0.2) is 66.8 Å². The van der Waals surface area contributed by atoms with E-state index in [0.29, 0.717) is 19.0 Å². The molecule has 3 rings (SSSR count). The number of carbonyl (C=O) groups excluding carboxylic acids is 1. The van der Waals surface area contributed by atoms with Gasteiger partial charge < -0.3 is 19.3 Å². The third-order valence-corrected chi connectivity index (χ3v) is 4.68. The molecule has 7 heteroatoms. The number of hydrogen-bond acceptors (Lipinski definition) is 6. The normalized spacial score (nSPS) is 25.3. The van der Waals surface area contributed by atoms with Gasteiger partial charge in [0, 0.05) is 38.9 Å². The van der Waals surface area contributed by atoms with E-state index in [0.717, 1.165) is 38.4 Å². The third-order valence-electron chi connectivity index (χ3n) is 4.68. The van der Waals surface area contributed by atoms with Crippen LogP contribution in [0.15, 0.2) is 12.4 Å². The zero-order chi connectivity index (χ0) is 16.2. The van der Waals surface area contributed by atoms with Crippen LogP contribution in [0.2, 0.25) is 0 Å². The fourth-order valence-corrected chi connectivity index (χ4v) is 3.25. The number of aromatic nitrogens is 2. The van der Waals surface area contributed by atoms with E-state index in [2.05, 4.69) is 14.9 Å². The van der Waals surface area contributed by atoms with Crippen molar-refractivity contribution >= 4 is 11.7 Å². The molecule has 1 amide bonds. The Labute approximate surface area is 136 Å². The topological polar surface area (TPSA) is 67.8 Å². The van der Waals surface area contributed by atoms with Crippen molar-refractivity contribution in [2.45, 2.75) is 25.9 Å². The van der Waals surface area contributed by atoms with Gasteiger partial charge in [0.15, 0.2) is 0 Å². The summed E-state index contributed by atoms with van der Waals surface area (Å²) in [6.07, 6.45) is 3.44. The molecule has 1 aromatic heterocycles. The molecule has 2 unspecified atom stereocenters. The van der Waals surface area contributed by atoms with Crippen LogP contribution in [0.4, 0.5) is 5.82 Å². The van der Waals surface area contributed by atoms with Gasteiger partial charge in [-0.05, 0) is 19.8 Å². The highest BCUT2D eigenvalue weighted by atomic mass is 16.5. The van der Waals surface area contributed by atoms with E-state index < -0.39 is 0 Å². The molecule has 3 heterocycles. The fourth-order valence-electron chi connectivity index (χ4n) is 3.25. The van der Waals surface area contributed by atoms with E-state index in [9.17, 15) is 4.79 Å². The Morgan fingerprint density at radius 2 is 2.09 bits per heavy atom. The summed E-state index contributed by atoms with van der Waals surface area (Å²) in [4.78, 5) is 25.1. The van der Waals surface area contributed by atoms with Gasteiger partial charge in [-0.3, -0.25) is 4.79 Å². The van der Waals surface area contributed by atoms with E-state index in [1.807, 2.05) is 17.9 Å². The summed E-state index contributed by atoms with van der Waals surface area (Å²) >= 11 is 0. The van der Waals surface area contributed by atoms with Crippen molar-refractivity contribution in [2.75, 3.05) is 44.8 Å². The van der Waals surface area contributed by atoms with Crippen molar-refractivity contribution in [2.24, 2.45) is 5.92 Å². The van der Waals surface area contributed by atoms with Crippen LogP contribution in [0.1, 0.15) is 19.8 Å². The number of nitrogens with zero attached hydrogens (tertiary/aromatic N) is 4. The van der Waals surface area contributed by atoms with E-state index in [1.54, 1.807) is 7.11 Å². The number of hydrogen-bond donors (Lipinski definition) is 0. The molecule has 1 aromatic rings. The van der Waals surface area contributed by atoms with E-state index in [4.69, 9.17) is 9.47 Å². The highest BCUT2D eigenvalue weighted by molar-refractivity contribution is 5.79. The van der Waals surface area contributed by atoms with Gasteiger partial charge in [-0.15, -0.1) is 0 Å². The molecular formula is C16H24N4O3. The van der Waals surface area contributed by atoms with Crippen molar-refractivity contribution in [1.29, 1.82) is 0 Å². The number of rotatable bonds is 3. The molecule has 7 nitrogen and oxygen atoms in total. The second kappa shape index (κ2) is 7.12. The van der Waals surface area contributed by atoms with Crippen molar-refractivity contribution in [3.63, 3.8) is 0 Å². The minimum atomic E-state index is 0.00874. The largest absolute Gasteiger partial charge is 0.481 e. The molecule has 0 spiro atoms. The molecule has 2 atom stereocenters. The van der Waals surface area contributed by atoms with Gasteiger partial charge in [0.05, 0.1) is 19.1 Å². The summed E-state index contributed by atoms with van der Waals surface area (Å²) in [7, 11) is 1.59. The Morgan fingerprint density at radius 1 is 1.30 bits per heavy atom. The first-order valence-electron chi connectivity index (χ1n) is 8.20. The van der Waals surface area contributed by atoms with Crippen LogP contribution in [-0.2, 0) is 9.53 Å². The third kappa shape index (κ3) is 3.55. The van der Waals surface area contributed by atoms with E-state index >= 15 is 0 Å². The summed E-state index contributed by atoms with van der Waals surface area (Å²) in [5, 5.41) is 0. The molecule has 126 valence electrons. The summed E-state index contributed by atoms with van der Waals surface area (Å²) in [5.74, 6) is 1.64. The first-order chi connectivity index (χ1) is 11.2. The smallest absolute Gasteiger partial charge is 0.228 e. The number of carbonyl (C=O) groups is 1. The fraction of sp³-hybridized carbons (Fsp3) is 0.688. The lowest BCUT2D eigenvalue weighted by molar-refractivity contribution is -0.144. The molecule has 0 bridgehead atoms. The van der Waals surface area contributed by atoms with Crippen molar-refractivity contribution < 1.29 is 14.3 Å². The number of piperazine rings is 1. The van der Waals surface area contributed by atoms with Gasteiger partial charge in [0.25, 0.3) is 0 Å². The lowest BCUT2D eigenvalue weighted by Crippen LogP contribution is -2.52. The predicted octanol–water partition coefficient (Wildman–Crippen LogP) is 0.949. The van der Waals surface area contributed by atoms with Crippen LogP contribution in [0.25, 0.3) is 0 Å². The van der Waals surface area contributed by atoms with Gasteiger partial charge in [-0.1, -0.05) is 0 Å². The second-order valence-corrected chi connectivity index (χ2v) is 6.06. The first kappa shape index (κ1) is 16.0. The van der Waals surface area contributed by atoms with Crippen LogP contribution in [0.3, 0.4) is 0 Å². The Kier molecular flexibility index (Phi) is 4.95. The molecule has 23 heavy (non-hydrogen) atoms. The summed E-state index contributed by atoms with van der Waals surface area (Å²) in [6, 6.07) is 1.83. The Balaban J connectivity index is 1.58. The zero-order valence-electron chi connectivity index (χ0n) is 13.8. The molecule has 0 aliphatic carbocycles. The molecule has 2 fully saturated rings. The molecular weight excluding hydrogens is 296 g/mol. The Bertz CT molecular complexity index is 546. The van der Waals surface area contributed by atoms with Gasteiger partial charge in [-0.2, -0.15) is 0 Å². The van der Waals surface area contributed by atoms with Gasteiger partial charge in [0.2, 0.25) is 11.8 Å². The molecule has 0 radical (unpaired) electrons. The van der Waals surface area contributed by atoms with Gasteiger partial charge >= 0.3 is 0 Å². The number of anilines is 1. The van der Waals surface area contributed by atoms with Gasteiger partial charge in [0.1, 0.15) is 12.1 Å². The van der Waals surface area contributed by atoms with E-state index in [1.165, 1.54) is 6.33 Å². The lowest BCUT2D eigenvalue weighted by atomic mass is 9.93. The monoisotopic (exact) mass is 320 g/mol. The Hall–Kier alpha value is -1.89. The van der Waals surface area contributed by atoms with Crippen LogP contribution in [0, 0.1) is 5.92 Å². The molecule has 0 aromatic carbocycles. The molecule has 0 N–H and O–H groups in total. The predicted molar refractivity (Wildman–Crippen MR) is 85.5 cm³/mol. The standard InChI is InChI=1S/C16H24N4O3/c1-12-13(4-3-9-23-12)16(21)20-7-5-19(6-8-20)14-10-15(22-2)18-11-17-14/h10-13H,3-9H2,1-2H3. The average molecular weight is 320 g/mol. The van der Waals surface area contributed by atoms with Crippen molar-refractivity contribution in [1.82, 2.24) is 14.9 Å². The summed E-state index contributed by atoms with van der Waals surface area (Å²) in [6.45, 7) is 5.75. The number of ether oxygens (including phenoxy) is 2. The highest BCUT2D eigenvalue weighted by Crippen LogP contribution is 2.24. The maximum absolute atomic E-state index is 12.7. The molecule has 2 aliphatic heterocycles. The maximum atomic E-state index is 12.7. The lowest BCUT2D eigenvalue weighted by Gasteiger charge is -2.38. The van der Waals surface area contributed by atoms with Crippen molar-refractivity contribution in [3.05, 3.63) is 12.4 Å². The number of amides is 1. The van der Waals surface area contributed by atoms with Crippen LogP contribution in [0.5, 0.6) is 5.88 Å². The van der Waals surface area contributed by atoms with Crippen molar-refractivity contribution in [3.8, 4) is 5.88 Å². The summed E-state index contributed by atoms with van der Waals surface area (Å²) in [5.41, 5.74) is 0. The van der Waals surface area contributed by atoms with Crippen LogP contribution >= 0.6 is 0 Å². The van der Waals surface area contributed by atoms with Crippen LogP contribution < -0.4 is 9.64 Å². The quantitative estimate of drug-likeness (QED) is 0.826. The minimum Gasteiger partial charge on any atom is -0.481 e. The highest BCUT2D eigenvalue weighted by Gasteiger charge is 2.33. The van der Waals surface area contributed by atoms with Gasteiger partial charge in [-0.25, -0.2) is 9.97 Å². The van der Waals surface area contributed by atoms with E-state index in [-0.39, 0.29) is 17.9 Å². The molecule has 0 saturated carbocycles. The SMILES string of the molecule is COc1cc(N2CCN(C(=O)C3CCCOC3C)CC2)ncn1. The molecule has 2 saturated heterocycles. The average Bonchev–Trinajstić information content (AvgIpc) is 2.62. The second-order valence-electron chi connectivity index (χ2n) is 6.06.